The van der Waals surface area contributed by atoms with Crippen LogP contribution in [0.5, 0.6) is 0 Å². The second kappa shape index (κ2) is 5.81. The van der Waals surface area contributed by atoms with Crippen LogP contribution in [-0.4, -0.2) is 48.3 Å². The predicted octanol–water partition coefficient (Wildman–Crippen LogP) is 2.08. The number of nitro groups is 1. The van der Waals surface area contributed by atoms with E-state index in [0.29, 0.717) is 11.6 Å². The van der Waals surface area contributed by atoms with Gasteiger partial charge in [-0.05, 0) is 25.5 Å². The number of carbonyl (C=O) groups excluding carboxylic acids is 1. The zero-order chi connectivity index (χ0) is 14.8. The van der Waals surface area contributed by atoms with Gasteiger partial charge >= 0.3 is 0 Å². The van der Waals surface area contributed by atoms with E-state index in [2.05, 4.69) is 9.80 Å². The van der Waals surface area contributed by atoms with Crippen LogP contribution in [0.4, 0.5) is 11.4 Å². The number of hydrogen-bond donors (Lipinski definition) is 0. The molecule has 0 aliphatic carbocycles. The number of hydrogen-bond acceptors (Lipinski definition) is 5. The number of fused-ring (bicyclic) bond motifs is 1. The van der Waals surface area contributed by atoms with E-state index in [1.165, 1.54) is 37.9 Å². The summed E-state index contributed by atoms with van der Waals surface area (Å²) in [4.78, 5) is 26.3. The van der Waals surface area contributed by atoms with Gasteiger partial charge in [0.1, 0.15) is 0 Å². The molecule has 0 saturated carbocycles. The van der Waals surface area contributed by atoms with E-state index in [0.717, 1.165) is 31.6 Å². The highest BCUT2D eigenvalue weighted by Crippen LogP contribution is 2.28. The molecular weight excluding hydrogens is 270 g/mol. The first kappa shape index (κ1) is 14.0. The Kier molecular flexibility index (Phi) is 3.88. The summed E-state index contributed by atoms with van der Waals surface area (Å²) in [5.74, 6) is 0. The third kappa shape index (κ3) is 2.76. The summed E-state index contributed by atoms with van der Waals surface area (Å²) in [6.07, 6.45) is 4.44. The average Bonchev–Trinajstić information content (AvgIpc) is 2.53. The SMILES string of the molecule is O=Cc1cc([N+](=O)[O-])ccc1N1CCN2CCCCC2C1. The number of non-ortho nitro benzene ring substituents is 1. The van der Waals surface area contributed by atoms with Crippen molar-refractivity contribution in [2.24, 2.45) is 0 Å². The molecule has 2 heterocycles. The molecule has 2 aliphatic rings. The molecule has 1 atom stereocenters. The summed E-state index contributed by atoms with van der Waals surface area (Å²) in [5.41, 5.74) is 1.20. The first-order chi connectivity index (χ1) is 10.2. The highest BCUT2D eigenvalue weighted by atomic mass is 16.6. The van der Waals surface area contributed by atoms with E-state index in [9.17, 15) is 14.9 Å². The van der Waals surface area contributed by atoms with Gasteiger partial charge in [0.05, 0.1) is 4.92 Å². The summed E-state index contributed by atoms with van der Waals surface area (Å²) in [5, 5.41) is 10.8. The molecule has 6 nitrogen and oxygen atoms in total. The Morgan fingerprint density at radius 2 is 2.10 bits per heavy atom. The maximum absolute atomic E-state index is 11.3. The second-order valence-electron chi connectivity index (χ2n) is 5.75. The molecule has 3 rings (SSSR count). The van der Waals surface area contributed by atoms with Crippen molar-refractivity contribution in [2.45, 2.75) is 25.3 Å². The topological polar surface area (TPSA) is 66.7 Å². The van der Waals surface area contributed by atoms with E-state index in [4.69, 9.17) is 0 Å². The number of nitro benzene ring substituents is 1. The maximum atomic E-state index is 11.3. The number of carbonyl (C=O) groups is 1. The van der Waals surface area contributed by atoms with Crippen molar-refractivity contribution in [1.82, 2.24) is 4.90 Å². The van der Waals surface area contributed by atoms with Crippen LogP contribution in [0.2, 0.25) is 0 Å². The lowest BCUT2D eigenvalue weighted by molar-refractivity contribution is -0.384. The highest BCUT2D eigenvalue weighted by molar-refractivity contribution is 5.86. The average molecular weight is 289 g/mol. The van der Waals surface area contributed by atoms with Crippen LogP contribution in [0.25, 0.3) is 0 Å². The maximum Gasteiger partial charge on any atom is 0.270 e. The monoisotopic (exact) mass is 289 g/mol. The number of benzene rings is 1. The van der Waals surface area contributed by atoms with Crippen LogP contribution in [0, 0.1) is 10.1 Å². The fourth-order valence-electron chi connectivity index (χ4n) is 3.41. The second-order valence-corrected chi connectivity index (χ2v) is 5.75. The van der Waals surface area contributed by atoms with Crippen molar-refractivity contribution >= 4 is 17.7 Å². The molecule has 0 amide bonds. The minimum Gasteiger partial charge on any atom is -0.368 e. The Morgan fingerprint density at radius 1 is 1.24 bits per heavy atom. The van der Waals surface area contributed by atoms with E-state index < -0.39 is 4.92 Å². The molecule has 2 aliphatic heterocycles. The number of piperazine rings is 1. The summed E-state index contributed by atoms with van der Waals surface area (Å²) < 4.78 is 0. The van der Waals surface area contributed by atoms with Crippen molar-refractivity contribution in [3.8, 4) is 0 Å². The van der Waals surface area contributed by atoms with Crippen LogP contribution in [0.15, 0.2) is 18.2 Å². The van der Waals surface area contributed by atoms with Crippen LogP contribution in [0.3, 0.4) is 0 Å². The van der Waals surface area contributed by atoms with Crippen LogP contribution in [0.1, 0.15) is 29.6 Å². The van der Waals surface area contributed by atoms with E-state index >= 15 is 0 Å². The van der Waals surface area contributed by atoms with Gasteiger partial charge in [0.15, 0.2) is 6.29 Å². The zero-order valence-electron chi connectivity index (χ0n) is 11.9. The van der Waals surface area contributed by atoms with Crippen molar-refractivity contribution in [3.05, 3.63) is 33.9 Å². The lowest BCUT2D eigenvalue weighted by atomic mass is 9.98. The first-order valence-corrected chi connectivity index (χ1v) is 7.41. The van der Waals surface area contributed by atoms with Crippen LogP contribution in [-0.2, 0) is 0 Å². The Balaban J connectivity index is 1.83. The Hall–Kier alpha value is -1.95. The molecule has 0 aromatic heterocycles. The van der Waals surface area contributed by atoms with Crippen molar-refractivity contribution in [3.63, 3.8) is 0 Å². The number of nitrogens with zero attached hydrogens (tertiary/aromatic N) is 3. The van der Waals surface area contributed by atoms with Gasteiger partial charge < -0.3 is 4.90 Å². The fraction of sp³-hybridized carbons (Fsp3) is 0.533. The standard InChI is InChI=1S/C15H19N3O3/c19-11-12-9-13(18(20)21)4-5-15(12)17-8-7-16-6-2-1-3-14(16)10-17/h4-5,9,11,14H,1-3,6-8,10H2. The largest absolute Gasteiger partial charge is 0.368 e. The molecule has 112 valence electrons. The molecule has 0 radical (unpaired) electrons. The normalized spacial score (nSPS) is 22.7. The molecule has 21 heavy (non-hydrogen) atoms. The van der Waals surface area contributed by atoms with Crippen LogP contribution < -0.4 is 4.90 Å². The van der Waals surface area contributed by atoms with Crippen molar-refractivity contribution < 1.29 is 9.72 Å². The summed E-state index contributed by atoms with van der Waals surface area (Å²) in [6, 6.07) is 5.10. The lowest BCUT2D eigenvalue weighted by Crippen LogP contribution is -2.55. The van der Waals surface area contributed by atoms with Crippen molar-refractivity contribution in [1.29, 1.82) is 0 Å². The van der Waals surface area contributed by atoms with Crippen molar-refractivity contribution in [2.75, 3.05) is 31.1 Å². The van der Waals surface area contributed by atoms with Gasteiger partial charge in [-0.3, -0.25) is 19.8 Å². The first-order valence-electron chi connectivity index (χ1n) is 7.41. The molecular formula is C15H19N3O3. The quantitative estimate of drug-likeness (QED) is 0.484. The Morgan fingerprint density at radius 3 is 2.86 bits per heavy atom. The molecule has 6 heteroatoms. The molecule has 1 aromatic carbocycles. The van der Waals surface area contributed by atoms with Gasteiger partial charge in [0.25, 0.3) is 5.69 Å². The third-order valence-corrected chi connectivity index (χ3v) is 4.53. The minimum atomic E-state index is -0.462. The molecule has 1 unspecified atom stereocenters. The van der Waals surface area contributed by atoms with Gasteiger partial charge in [0.2, 0.25) is 0 Å². The van der Waals surface area contributed by atoms with Gasteiger partial charge in [-0.25, -0.2) is 0 Å². The molecule has 2 fully saturated rings. The van der Waals surface area contributed by atoms with Gasteiger partial charge in [-0.1, -0.05) is 6.42 Å². The molecule has 2 saturated heterocycles. The van der Waals surface area contributed by atoms with Gasteiger partial charge in [-0.15, -0.1) is 0 Å². The number of anilines is 1. The molecule has 0 bridgehead atoms. The lowest BCUT2D eigenvalue weighted by Gasteiger charge is -2.45. The number of piperidine rings is 1. The van der Waals surface area contributed by atoms with Gasteiger partial charge in [-0.2, -0.15) is 0 Å². The summed E-state index contributed by atoms with van der Waals surface area (Å²) in [6.45, 7) is 3.94. The third-order valence-electron chi connectivity index (χ3n) is 4.53. The van der Waals surface area contributed by atoms with Gasteiger partial charge in [0, 0.05) is 49.1 Å². The number of rotatable bonds is 3. The highest BCUT2D eigenvalue weighted by Gasteiger charge is 2.30. The number of aldehydes is 1. The zero-order valence-corrected chi connectivity index (χ0v) is 11.9. The summed E-state index contributed by atoms with van der Waals surface area (Å²) in [7, 11) is 0. The van der Waals surface area contributed by atoms with E-state index in [1.54, 1.807) is 6.07 Å². The van der Waals surface area contributed by atoms with E-state index in [-0.39, 0.29) is 5.69 Å². The van der Waals surface area contributed by atoms with Crippen LogP contribution >= 0.6 is 0 Å². The molecule has 1 aromatic rings. The predicted molar refractivity (Wildman–Crippen MR) is 79.9 cm³/mol. The fourth-order valence-corrected chi connectivity index (χ4v) is 3.41. The van der Waals surface area contributed by atoms with E-state index in [1.807, 2.05) is 0 Å². The Labute approximate surface area is 123 Å². The minimum absolute atomic E-state index is 0.0304. The smallest absolute Gasteiger partial charge is 0.270 e. The molecule has 0 N–H and O–H groups in total. The summed E-state index contributed by atoms with van der Waals surface area (Å²) >= 11 is 0. The molecule has 0 spiro atoms. The Bertz CT molecular complexity index is 561.